The Morgan fingerprint density at radius 1 is 1.21 bits per heavy atom. The molecule has 0 saturated carbocycles. The van der Waals surface area contributed by atoms with E-state index in [0.717, 1.165) is 0 Å². The Labute approximate surface area is 188 Å². The van der Waals surface area contributed by atoms with Crippen molar-refractivity contribution in [2.75, 3.05) is 20.3 Å². The van der Waals surface area contributed by atoms with Crippen molar-refractivity contribution < 1.29 is 38.9 Å². The molecule has 3 N–H and O–H groups in total. The number of carbonyl (C=O) groups is 2. The van der Waals surface area contributed by atoms with Gasteiger partial charge in [0.25, 0.3) is 5.69 Å². The van der Waals surface area contributed by atoms with Gasteiger partial charge in [-0.25, -0.2) is 4.79 Å². The third-order valence-electron chi connectivity index (χ3n) is 6.34. The third-order valence-corrected chi connectivity index (χ3v) is 6.34. The smallest absolute Gasteiger partial charge is 0.336 e. The molecular formula is C22H24N2O9. The quantitative estimate of drug-likeness (QED) is 0.320. The fourth-order valence-electron chi connectivity index (χ4n) is 4.82. The fraction of sp³-hybridized carbons (Fsp3) is 0.455. The Balaban J connectivity index is 1.89. The summed E-state index contributed by atoms with van der Waals surface area (Å²) in [6, 6.07) is 5.77. The van der Waals surface area contributed by atoms with E-state index in [1.807, 2.05) is 0 Å². The van der Waals surface area contributed by atoms with Crippen LogP contribution in [0.3, 0.4) is 0 Å². The highest BCUT2D eigenvalue weighted by molar-refractivity contribution is 6.08. The number of esters is 1. The molecule has 4 rings (SSSR count). The molecule has 0 radical (unpaired) electrons. The van der Waals surface area contributed by atoms with Gasteiger partial charge in [0.2, 0.25) is 0 Å². The van der Waals surface area contributed by atoms with Gasteiger partial charge in [-0.15, -0.1) is 0 Å². The number of carbonyl (C=O) groups excluding carboxylic acids is 2. The number of hydrogen-bond acceptors (Lipinski definition) is 10. The number of nitrogens with one attached hydrogen (secondary N) is 1. The molecule has 2 fully saturated rings. The number of dihydropyridines is 1. The van der Waals surface area contributed by atoms with E-state index in [-0.39, 0.29) is 29.0 Å². The van der Waals surface area contributed by atoms with Gasteiger partial charge in [0.15, 0.2) is 11.4 Å². The molecule has 0 amide bonds. The highest BCUT2D eigenvalue weighted by Crippen LogP contribution is 2.46. The summed E-state index contributed by atoms with van der Waals surface area (Å²) in [5, 5.41) is 36.2. The standard InChI is InChI=1S/C22H24N2O9/c1-10-15(19(26)22(28)9-33-18-14(25)8-32-20(18)22)17(16(11(2)23-10)21(27)31-3)12-6-4-5-7-13(12)24(29)30/h4-7,14,17-18,20,23,25,28H,8-9H2,1-3H3/t14-,17?,18+,20-,22-/m0/s1. The van der Waals surface area contributed by atoms with Crippen LogP contribution >= 0.6 is 0 Å². The summed E-state index contributed by atoms with van der Waals surface area (Å²) in [6.07, 6.45) is -3.02. The Kier molecular flexibility index (Phi) is 5.83. The molecule has 176 valence electrons. The van der Waals surface area contributed by atoms with Crippen molar-refractivity contribution in [3.8, 4) is 0 Å². The summed E-state index contributed by atoms with van der Waals surface area (Å²) in [5.41, 5.74) is -1.73. The molecular weight excluding hydrogens is 436 g/mol. The molecule has 11 heteroatoms. The van der Waals surface area contributed by atoms with E-state index in [1.165, 1.54) is 25.3 Å². The van der Waals surface area contributed by atoms with Gasteiger partial charge in [0.1, 0.15) is 18.3 Å². The average Bonchev–Trinajstić information content (AvgIpc) is 3.33. The number of rotatable bonds is 5. The molecule has 0 bridgehead atoms. The summed E-state index contributed by atoms with van der Waals surface area (Å²) in [7, 11) is 1.17. The number of benzene rings is 1. The number of methoxy groups -OCH3 is 1. The van der Waals surface area contributed by atoms with Crippen LogP contribution < -0.4 is 5.32 Å². The first-order valence-corrected chi connectivity index (χ1v) is 10.3. The van der Waals surface area contributed by atoms with E-state index in [4.69, 9.17) is 14.2 Å². The fourth-order valence-corrected chi connectivity index (χ4v) is 4.82. The highest BCUT2D eigenvalue weighted by Gasteiger charge is 2.61. The lowest BCUT2D eigenvalue weighted by Gasteiger charge is -2.34. The highest BCUT2D eigenvalue weighted by atomic mass is 16.6. The Hall–Kier alpha value is -3.12. The van der Waals surface area contributed by atoms with E-state index >= 15 is 0 Å². The maximum atomic E-state index is 13.9. The molecule has 11 nitrogen and oxygen atoms in total. The van der Waals surface area contributed by atoms with E-state index in [2.05, 4.69) is 5.32 Å². The van der Waals surface area contributed by atoms with Gasteiger partial charge in [0.05, 0.1) is 36.7 Å². The monoisotopic (exact) mass is 460 g/mol. The number of aliphatic hydroxyl groups excluding tert-OH is 1. The van der Waals surface area contributed by atoms with Gasteiger partial charge >= 0.3 is 5.97 Å². The van der Waals surface area contributed by atoms with Crippen LogP contribution in [0.1, 0.15) is 25.3 Å². The van der Waals surface area contributed by atoms with Crippen LogP contribution in [0, 0.1) is 10.1 Å². The Morgan fingerprint density at radius 3 is 2.55 bits per heavy atom. The molecule has 1 aromatic rings. The summed E-state index contributed by atoms with van der Waals surface area (Å²) in [6.45, 7) is 2.63. The van der Waals surface area contributed by atoms with E-state index in [1.54, 1.807) is 19.9 Å². The largest absolute Gasteiger partial charge is 0.466 e. The molecule has 1 aromatic carbocycles. The van der Waals surface area contributed by atoms with Crippen LogP contribution in [0.5, 0.6) is 0 Å². The van der Waals surface area contributed by atoms with Gasteiger partial charge in [0, 0.05) is 28.6 Å². The lowest BCUT2D eigenvalue weighted by atomic mass is 9.74. The molecule has 2 saturated heterocycles. The predicted octanol–water partition coefficient (Wildman–Crippen LogP) is 0.461. The second-order valence-corrected chi connectivity index (χ2v) is 8.29. The molecule has 0 aliphatic carbocycles. The number of aliphatic hydroxyl groups is 2. The van der Waals surface area contributed by atoms with Gasteiger partial charge in [-0.05, 0) is 13.8 Å². The molecule has 33 heavy (non-hydrogen) atoms. The number of hydrogen-bond donors (Lipinski definition) is 3. The van der Waals surface area contributed by atoms with Gasteiger partial charge in [-0.2, -0.15) is 0 Å². The normalized spacial score (nSPS) is 31.3. The first kappa shape index (κ1) is 23.1. The second kappa shape index (κ2) is 8.34. The van der Waals surface area contributed by atoms with Gasteiger partial charge in [-0.1, -0.05) is 18.2 Å². The van der Waals surface area contributed by atoms with Crippen molar-refractivity contribution in [2.45, 2.75) is 43.7 Å². The zero-order chi connectivity index (χ0) is 24.1. The maximum Gasteiger partial charge on any atom is 0.336 e. The predicted molar refractivity (Wildman–Crippen MR) is 112 cm³/mol. The van der Waals surface area contributed by atoms with E-state index < -0.39 is 53.1 Å². The minimum atomic E-state index is -2.16. The number of allylic oxidation sites excluding steroid dienone is 2. The topological polar surface area (TPSA) is 157 Å². The van der Waals surface area contributed by atoms with Crippen molar-refractivity contribution in [1.82, 2.24) is 5.32 Å². The summed E-state index contributed by atoms with van der Waals surface area (Å²) >= 11 is 0. The lowest BCUT2D eigenvalue weighted by molar-refractivity contribution is -0.385. The van der Waals surface area contributed by atoms with Crippen LogP contribution in [-0.4, -0.2) is 71.1 Å². The zero-order valence-electron chi connectivity index (χ0n) is 18.2. The number of nitro benzene ring substituents is 1. The number of fused-ring (bicyclic) bond motifs is 1. The summed E-state index contributed by atoms with van der Waals surface area (Å²) < 4.78 is 15.9. The van der Waals surface area contributed by atoms with Crippen molar-refractivity contribution in [3.63, 3.8) is 0 Å². The molecule has 3 aliphatic rings. The van der Waals surface area contributed by atoms with Crippen LogP contribution in [0.2, 0.25) is 0 Å². The number of ketones is 1. The van der Waals surface area contributed by atoms with E-state index in [0.29, 0.717) is 11.4 Å². The maximum absolute atomic E-state index is 13.9. The van der Waals surface area contributed by atoms with Crippen molar-refractivity contribution in [3.05, 3.63) is 62.5 Å². The number of ether oxygens (including phenoxy) is 3. The molecule has 3 aliphatic heterocycles. The zero-order valence-corrected chi connectivity index (χ0v) is 18.2. The summed E-state index contributed by atoms with van der Waals surface area (Å²) in [5.74, 6) is -2.78. The molecule has 0 aromatic heterocycles. The first-order valence-electron chi connectivity index (χ1n) is 10.3. The number of nitro groups is 1. The second-order valence-electron chi connectivity index (χ2n) is 8.29. The average molecular weight is 460 g/mol. The van der Waals surface area contributed by atoms with Crippen LogP contribution in [-0.2, 0) is 23.8 Å². The summed E-state index contributed by atoms with van der Waals surface area (Å²) in [4.78, 5) is 37.8. The Morgan fingerprint density at radius 2 is 1.88 bits per heavy atom. The van der Waals surface area contributed by atoms with Crippen molar-refractivity contribution in [2.24, 2.45) is 0 Å². The van der Waals surface area contributed by atoms with Gasteiger partial charge < -0.3 is 29.7 Å². The first-order chi connectivity index (χ1) is 15.6. The van der Waals surface area contributed by atoms with Crippen LogP contribution in [0.4, 0.5) is 5.69 Å². The van der Waals surface area contributed by atoms with Crippen molar-refractivity contribution in [1.29, 1.82) is 0 Å². The number of para-hydroxylation sites is 1. The molecule has 3 heterocycles. The van der Waals surface area contributed by atoms with E-state index in [9.17, 15) is 29.9 Å². The van der Waals surface area contributed by atoms with Crippen molar-refractivity contribution >= 4 is 17.4 Å². The molecule has 1 unspecified atom stereocenters. The SMILES string of the molecule is COC(=O)C1=C(C)NC(C)=C(C(=O)[C@@]2(O)CO[C@@H]3[C@@H](O)CO[C@@H]32)C1c1ccccc1[N+](=O)[O-]. The van der Waals surface area contributed by atoms with Crippen LogP contribution in [0.15, 0.2) is 46.8 Å². The van der Waals surface area contributed by atoms with Crippen LogP contribution in [0.25, 0.3) is 0 Å². The molecule has 5 atom stereocenters. The molecule has 0 spiro atoms. The third kappa shape index (κ3) is 3.53. The number of Topliss-reactive ketones (excluding diaryl/α,β-unsaturated/α-hetero) is 1. The minimum absolute atomic E-state index is 0.00666. The lowest BCUT2D eigenvalue weighted by Crippen LogP contribution is -2.52. The van der Waals surface area contributed by atoms with Gasteiger partial charge in [-0.3, -0.25) is 14.9 Å². The Bertz CT molecular complexity index is 1100. The minimum Gasteiger partial charge on any atom is -0.466 e. The number of nitrogens with zero attached hydrogens (tertiary/aromatic N) is 1.